The molecule has 0 saturated carbocycles. The lowest BCUT2D eigenvalue weighted by atomic mass is 9.89. The predicted molar refractivity (Wildman–Crippen MR) is 132 cm³/mol. The summed E-state index contributed by atoms with van der Waals surface area (Å²) >= 11 is 0. The molecule has 1 unspecified atom stereocenters. The van der Waals surface area contributed by atoms with Crippen LogP contribution in [0.4, 0.5) is 17.6 Å². The first-order valence-electron chi connectivity index (χ1n) is 13.1. The van der Waals surface area contributed by atoms with Gasteiger partial charge in [0.05, 0.1) is 43.4 Å². The standard InChI is InChI=1S/C26H27F4N7O5/c1-25(2)40-10-18-23(42-25)21(36-9-16(33-34-36)15-5-4-13(7-31)19(27)20(15)28)22(38-3)17(41-18)6-14-8-37(35-32-14)26(24(29)30)11-39-12-26/h4-5,8-9,17-18,21-24H,6,10-12H2,1-3H3/t17-,18-,21?,22+,23+/m1/s1. The third-order valence-electron chi connectivity index (χ3n) is 7.86. The Morgan fingerprint density at radius 2 is 1.93 bits per heavy atom. The maximum atomic E-state index is 14.8. The molecule has 0 radical (unpaired) electrons. The average molecular weight is 594 g/mol. The summed E-state index contributed by atoms with van der Waals surface area (Å²) < 4.78 is 88.7. The summed E-state index contributed by atoms with van der Waals surface area (Å²) in [6, 6.07) is 3.34. The number of nitriles is 1. The highest BCUT2D eigenvalue weighted by Gasteiger charge is 2.54. The lowest BCUT2D eigenvalue weighted by molar-refractivity contribution is -0.349. The maximum Gasteiger partial charge on any atom is 0.268 e. The summed E-state index contributed by atoms with van der Waals surface area (Å²) in [6.45, 7) is 3.30. The number of hydrogen-bond donors (Lipinski definition) is 0. The molecule has 12 nitrogen and oxygen atoms in total. The van der Waals surface area contributed by atoms with Crippen LogP contribution in [0.15, 0.2) is 24.5 Å². The first-order valence-corrected chi connectivity index (χ1v) is 13.1. The van der Waals surface area contributed by atoms with Crippen molar-refractivity contribution in [2.24, 2.45) is 0 Å². The molecular formula is C26H27F4N7O5. The fourth-order valence-corrected chi connectivity index (χ4v) is 5.55. The van der Waals surface area contributed by atoms with Gasteiger partial charge >= 0.3 is 0 Å². The molecule has 3 aliphatic rings. The van der Waals surface area contributed by atoms with Gasteiger partial charge in [0, 0.05) is 25.3 Å². The van der Waals surface area contributed by atoms with E-state index in [1.54, 1.807) is 19.9 Å². The lowest BCUT2D eigenvalue weighted by Crippen LogP contribution is -2.62. The third kappa shape index (κ3) is 4.74. The van der Waals surface area contributed by atoms with Crippen molar-refractivity contribution in [2.45, 2.75) is 68.5 Å². The second-order valence-corrected chi connectivity index (χ2v) is 10.9. The van der Waals surface area contributed by atoms with E-state index in [-0.39, 0.29) is 37.5 Å². The summed E-state index contributed by atoms with van der Waals surface area (Å²) in [7, 11) is 1.47. The van der Waals surface area contributed by atoms with Gasteiger partial charge in [-0.05, 0) is 26.0 Å². The van der Waals surface area contributed by atoms with E-state index in [4.69, 9.17) is 28.9 Å². The number of alkyl halides is 2. The minimum atomic E-state index is -2.69. The number of ether oxygens (including phenoxy) is 5. The molecule has 1 aromatic carbocycles. The minimum absolute atomic E-state index is 0.0274. The topological polar surface area (TPSA) is 131 Å². The molecular weight excluding hydrogens is 566 g/mol. The van der Waals surface area contributed by atoms with Crippen molar-refractivity contribution in [3.05, 3.63) is 47.4 Å². The molecule has 224 valence electrons. The first-order chi connectivity index (χ1) is 20.1. The summed E-state index contributed by atoms with van der Waals surface area (Å²) in [4.78, 5) is 0. The van der Waals surface area contributed by atoms with Crippen molar-refractivity contribution >= 4 is 0 Å². The molecule has 6 rings (SSSR count). The Balaban J connectivity index is 1.33. The van der Waals surface area contributed by atoms with Gasteiger partial charge in [0.25, 0.3) is 6.43 Å². The van der Waals surface area contributed by atoms with Crippen LogP contribution < -0.4 is 0 Å². The zero-order valence-electron chi connectivity index (χ0n) is 22.8. The summed E-state index contributed by atoms with van der Waals surface area (Å²) in [5.74, 6) is -3.48. The van der Waals surface area contributed by atoms with Gasteiger partial charge in [-0.3, -0.25) is 0 Å². The van der Waals surface area contributed by atoms with E-state index in [1.165, 1.54) is 30.3 Å². The Morgan fingerprint density at radius 1 is 1.14 bits per heavy atom. The zero-order chi connectivity index (χ0) is 29.8. The third-order valence-corrected chi connectivity index (χ3v) is 7.86. The molecule has 3 saturated heterocycles. The molecule has 42 heavy (non-hydrogen) atoms. The lowest BCUT2D eigenvalue weighted by Gasteiger charge is -2.51. The first kappa shape index (κ1) is 28.6. The normalized spacial score (nSPS) is 28.2. The number of benzene rings is 1. The Bertz CT molecular complexity index is 1500. The molecule has 0 amide bonds. The number of halogens is 4. The number of hydrogen-bond acceptors (Lipinski definition) is 10. The molecule has 0 aliphatic carbocycles. The van der Waals surface area contributed by atoms with Gasteiger partial charge in [-0.15, -0.1) is 10.2 Å². The number of fused-ring (bicyclic) bond motifs is 1. The van der Waals surface area contributed by atoms with E-state index in [9.17, 15) is 17.6 Å². The number of methoxy groups -OCH3 is 1. The number of nitrogens with zero attached hydrogens (tertiary/aromatic N) is 7. The smallest absolute Gasteiger partial charge is 0.268 e. The van der Waals surface area contributed by atoms with Gasteiger partial charge in [0.1, 0.15) is 36.1 Å². The number of rotatable bonds is 7. The van der Waals surface area contributed by atoms with Crippen molar-refractivity contribution in [3.8, 4) is 17.3 Å². The molecule has 2 aromatic heterocycles. The highest BCUT2D eigenvalue weighted by Crippen LogP contribution is 2.41. The van der Waals surface area contributed by atoms with E-state index in [0.717, 1.165) is 10.7 Å². The Hall–Kier alpha value is -3.49. The molecule has 5 atom stereocenters. The van der Waals surface area contributed by atoms with Gasteiger partial charge in [-0.25, -0.2) is 26.9 Å². The van der Waals surface area contributed by atoms with Crippen LogP contribution in [0.1, 0.15) is 31.1 Å². The average Bonchev–Trinajstić information content (AvgIpc) is 3.59. The Kier molecular flexibility index (Phi) is 7.26. The van der Waals surface area contributed by atoms with E-state index >= 15 is 0 Å². The predicted octanol–water partition coefficient (Wildman–Crippen LogP) is 2.39. The second-order valence-electron chi connectivity index (χ2n) is 10.9. The highest BCUT2D eigenvalue weighted by atomic mass is 19.3. The van der Waals surface area contributed by atoms with Crippen LogP contribution in [0.2, 0.25) is 0 Å². The van der Waals surface area contributed by atoms with Crippen LogP contribution in [0.25, 0.3) is 11.3 Å². The van der Waals surface area contributed by atoms with Crippen LogP contribution in [-0.4, -0.2) is 93.5 Å². The van der Waals surface area contributed by atoms with Gasteiger partial charge in [-0.2, -0.15) is 5.26 Å². The van der Waals surface area contributed by atoms with Crippen LogP contribution in [-0.2, 0) is 35.6 Å². The Labute approximate surface area is 237 Å². The van der Waals surface area contributed by atoms with Crippen molar-refractivity contribution < 1.29 is 41.2 Å². The van der Waals surface area contributed by atoms with E-state index in [2.05, 4.69) is 20.6 Å². The summed E-state index contributed by atoms with van der Waals surface area (Å²) in [5, 5.41) is 25.3. The monoisotopic (exact) mass is 593 g/mol. The maximum absolute atomic E-state index is 14.8. The highest BCUT2D eigenvalue weighted by molar-refractivity contribution is 5.60. The van der Waals surface area contributed by atoms with E-state index in [1.807, 2.05) is 0 Å². The van der Waals surface area contributed by atoms with Gasteiger partial charge in [-0.1, -0.05) is 10.4 Å². The van der Waals surface area contributed by atoms with E-state index in [0.29, 0.717) is 5.69 Å². The van der Waals surface area contributed by atoms with Crippen LogP contribution >= 0.6 is 0 Å². The van der Waals surface area contributed by atoms with Crippen LogP contribution in [0, 0.1) is 23.0 Å². The second kappa shape index (κ2) is 10.7. The largest absolute Gasteiger partial charge is 0.376 e. The molecule has 3 aliphatic heterocycles. The zero-order valence-corrected chi connectivity index (χ0v) is 22.8. The van der Waals surface area contributed by atoms with Crippen LogP contribution in [0.3, 0.4) is 0 Å². The molecule has 0 bridgehead atoms. The van der Waals surface area contributed by atoms with Gasteiger partial charge < -0.3 is 23.7 Å². The minimum Gasteiger partial charge on any atom is -0.376 e. The Morgan fingerprint density at radius 3 is 2.60 bits per heavy atom. The van der Waals surface area contributed by atoms with Crippen molar-refractivity contribution in [1.29, 1.82) is 5.26 Å². The van der Waals surface area contributed by atoms with Crippen molar-refractivity contribution in [2.75, 3.05) is 26.9 Å². The fourth-order valence-electron chi connectivity index (χ4n) is 5.55. The fraction of sp³-hybridized carbons (Fsp3) is 0.577. The van der Waals surface area contributed by atoms with Crippen molar-refractivity contribution in [3.63, 3.8) is 0 Å². The number of aromatic nitrogens is 6. The van der Waals surface area contributed by atoms with Gasteiger partial charge in [0.15, 0.2) is 23.0 Å². The van der Waals surface area contributed by atoms with Crippen molar-refractivity contribution in [1.82, 2.24) is 30.0 Å². The molecule has 3 aromatic rings. The summed E-state index contributed by atoms with van der Waals surface area (Å²) in [5.41, 5.74) is -1.76. The molecule has 16 heteroatoms. The van der Waals surface area contributed by atoms with Crippen LogP contribution in [0.5, 0.6) is 0 Å². The SMILES string of the molecule is CO[C@@H]1C(n2cc(-c3ccc(C#N)c(F)c3F)nn2)[C@H]2OC(C)(C)OC[C@H]2O[C@@H]1Cc1cn(C2(C(F)F)COC2)nn1. The quantitative estimate of drug-likeness (QED) is 0.377. The van der Waals surface area contributed by atoms with Gasteiger partial charge in [0.2, 0.25) is 0 Å². The molecule has 0 spiro atoms. The molecule has 3 fully saturated rings. The summed E-state index contributed by atoms with van der Waals surface area (Å²) in [6.07, 6.45) is -2.35. The molecule has 0 N–H and O–H groups in total. The van der Waals surface area contributed by atoms with E-state index < -0.39 is 65.4 Å². The molecule has 5 heterocycles.